The molecule has 0 fully saturated rings. The summed E-state index contributed by atoms with van der Waals surface area (Å²) < 4.78 is 0. The minimum Gasteiger partial charge on any atom is -0.398 e. The maximum atomic E-state index is 12.2. The third-order valence-electron chi connectivity index (χ3n) is 2.98. The minimum absolute atomic E-state index is 0.137. The molecule has 2 aromatic carbocycles. The van der Waals surface area contributed by atoms with E-state index in [1.54, 1.807) is 49.4 Å². The summed E-state index contributed by atoms with van der Waals surface area (Å²) in [5.74, 6) is -0.309. The smallest absolute Gasteiger partial charge is 0.196 e. The third kappa shape index (κ3) is 2.21. The van der Waals surface area contributed by atoms with E-state index in [0.717, 1.165) is 0 Å². The Morgan fingerprint density at radius 3 is 2.00 bits per heavy atom. The van der Waals surface area contributed by atoms with E-state index in [-0.39, 0.29) is 18.2 Å². The van der Waals surface area contributed by atoms with Crippen LogP contribution in [-0.2, 0) is 0 Å². The number of ketones is 2. The molecule has 2 aromatic rings. The zero-order valence-corrected chi connectivity index (χ0v) is 11.1. The van der Waals surface area contributed by atoms with E-state index < -0.39 is 0 Å². The highest BCUT2D eigenvalue weighted by molar-refractivity contribution is 6.29. The van der Waals surface area contributed by atoms with Crippen LogP contribution in [-0.4, -0.2) is 23.3 Å². The number of benzene rings is 2. The van der Waals surface area contributed by atoms with Gasteiger partial charge >= 0.3 is 0 Å². The number of nitrogens with two attached hydrogens (primary N) is 1. The van der Waals surface area contributed by atoms with Crippen LogP contribution in [0.3, 0.4) is 0 Å². The Morgan fingerprint density at radius 1 is 0.900 bits per heavy atom. The largest absolute Gasteiger partial charge is 0.398 e. The molecule has 20 heavy (non-hydrogen) atoms. The highest BCUT2D eigenvalue weighted by Crippen LogP contribution is 2.30. The fraction of sp³-hybridized carbons (Fsp3) is 0.125. The summed E-state index contributed by atoms with van der Waals surface area (Å²) in [5, 5.41) is 7.57. The molecule has 0 radical (unpaired) electrons. The Balaban J connectivity index is 0.000000452. The van der Waals surface area contributed by atoms with E-state index in [2.05, 4.69) is 0 Å². The molecule has 4 nitrogen and oxygen atoms in total. The van der Waals surface area contributed by atoms with Crippen molar-refractivity contribution < 1.29 is 14.7 Å². The van der Waals surface area contributed by atoms with Gasteiger partial charge in [0, 0.05) is 29.0 Å². The molecule has 3 N–H and O–H groups in total. The van der Waals surface area contributed by atoms with Crippen LogP contribution in [0.15, 0.2) is 42.5 Å². The predicted octanol–water partition coefficient (Wildman–Crippen LogP) is 2.04. The number of hydrogen-bond donors (Lipinski definition) is 2. The highest BCUT2D eigenvalue weighted by Gasteiger charge is 2.30. The lowest BCUT2D eigenvalue weighted by molar-refractivity contribution is 0.0979. The standard InChI is InChI=1S/C14H9NO2.C2H6O/c15-11-7-3-6-10-12(11)14(17)9-5-2-1-4-8(9)13(10)16;1-2-3/h1-7H,15H2;3H,2H2,1H3. The van der Waals surface area contributed by atoms with Gasteiger partial charge in [-0.1, -0.05) is 36.4 Å². The number of carbonyl (C=O) groups excluding carboxylic acids is 2. The number of aliphatic hydroxyl groups is 1. The molecule has 0 heterocycles. The van der Waals surface area contributed by atoms with E-state index in [0.29, 0.717) is 27.9 Å². The Bertz CT molecular complexity index is 677. The number of rotatable bonds is 0. The number of nitrogen functional groups attached to an aromatic ring is 1. The topological polar surface area (TPSA) is 80.4 Å². The van der Waals surface area contributed by atoms with Gasteiger partial charge in [-0.15, -0.1) is 0 Å². The summed E-state index contributed by atoms with van der Waals surface area (Å²) in [4.78, 5) is 24.4. The van der Waals surface area contributed by atoms with E-state index in [9.17, 15) is 9.59 Å². The molecule has 102 valence electrons. The van der Waals surface area contributed by atoms with Crippen molar-refractivity contribution in [3.63, 3.8) is 0 Å². The zero-order valence-electron chi connectivity index (χ0n) is 11.1. The first-order valence-electron chi connectivity index (χ1n) is 6.29. The van der Waals surface area contributed by atoms with Crippen molar-refractivity contribution in [2.75, 3.05) is 12.3 Å². The maximum Gasteiger partial charge on any atom is 0.196 e. The van der Waals surface area contributed by atoms with Crippen LogP contribution in [0.2, 0.25) is 0 Å². The molecule has 0 amide bonds. The quantitative estimate of drug-likeness (QED) is 0.612. The van der Waals surface area contributed by atoms with Gasteiger partial charge in [-0.05, 0) is 13.0 Å². The Kier molecular flexibility index (Phi) is 3.96. The van der Waals surface area contributed by atoms with Gasteiger partial charge in [-0.3, -0.25) is 9.59 Å². The molecule has 0 saturated heterocycles. The zero-order chi connectivity index (χ0) is 14.7. The van der Waals surface area contributed by atoms with Gasteiger partial charge in [0.05, 0.1) is 5.56 Å². The van der Waals surface area contributed by atoms with Gasteiger partial charge in [0.2, 0.25) is 0 Å². The second kappa shape index (κ2) is 5.67. The molecule has 1 aliphatic carbocycles. The average molecular weight is 269 g/mol. The lowest BCUT2D eigenvalue weighted by Gasteiger charge is -2.18. The van der Waals surface area contributed by atoms with Gasteiger partial charge in [-0.25, -0.2) is 0 Å². The molecule has 0 aliphatic heterocycles. The van der Waals surface area contributed by atoms with Crippen molar-refractivity contribution >= 4 is 17.3 Å². The predicted molar refractivity (Wildman–Crippen MR) is 76.9 cm³/mol. The highest BCUT2D eigenvalue weighted by atomic mass is 16.2. The first-order chi connectivity index (χ1) is 9.61. The van der Waals surface area contributed by atoms with E-state index in [4.69, 9.17) is 10.8 Å². The Labute approximate surface area is 116 Å². The van der Waals surface area contributed by atoms with Crippen LogP contribution >= 0.6 is 0 Å². The molecule has 0 unspecified atom stereocenters. The molecule has 0 bridgehead atoms. The fourth-order valence-corrected chi connectivity index (χ4v) is 2.17. The minimum atomic E-state index is -0.173. The first kappa shape index (κ1) is 14.0. The second-order valence-electron chi connectivity index (χ2n) is 4.29. The van der Waals surface area contributed by atoms with Gasteiger partial charge in [-0.2, -0.15) is 0 Å². The lowest BCUT2D eigenvalue weighted by Crippen LogP contribution is -2.22. The number of anilines is 1. The van der Waals surface area contributed by atoms with Crippen molar-refractivity contribution in [1.82, 2.24) is 0 Å². The van der Waals surface area contributed by atoms with Crippen LogP contribution in [0.5, 0.6) is 0 Å². The van der Waals surface area contributed by atoms with Crippen molar-refractivity contribution in [3.8, 4) is 0 Å². The summed E-state index contributed by atoms with van der Waals surface area (Å²) in [6.45, 7) is 1.93. The van der Waals surface area contributed by atoms with Crippen molar-refractivity contribution in [3.05, 3.63) is 64.7 Å². The SMILES string of the molecule is CCO.Nc1cccc2c1C(=O)c1ccccc1C2=O. The molecular formula is C16H15NO3. The molecule has 0 atom stereocenters. The normalized spacial score (nSPS) is 12.1. The summed E-state index contributed by atoms with van der Waals surface area (Å²) >= 11 is 0. The fourth-order valence-electron chi connectivity index (χ4n) is 2.17. The number of aliphatic hydroxyl groups excluding tert-OH is 1. The Hall–Kier alpha value is -2.46. The maximum absolute atomic E-state index is 12.2. The average Bonchev–Trinajstić information content (AvgIpc) is 2.45. The first-order valence-corrected chi connectivity index (χ1v) is 6.29. The number of fused-ring (bicyclic) bond motifs is 2. The van der Waals surface area contributed by atoms with E-state index >= 15 is 0 Å². The van der Waals surface area contributed by atoms with Crippen LogP contribution in [0.4, 0.5) is 5.69 Å². The molecule has 4 heteroatoms. The van der Waals surface area contributed by atoms with E-state index in [1.807, 2.05) is 0 Å². The molecule has 0 spiro atoms. The van der Waals surface area contributed by atoms with Crippen LogP contribution in [0.25, 0.3) is 0 Å². The lowest BCUT2D eigenvalue weighted by atomic mass is 9.83. The van der Waals surface area contributed by atoms with Crippen LogP contribution < -0.4 is 5.73 Å². The van der Waals surface area contributed by atoms with E-state index in [1.165, 1.54) is 0 Å². The molecule has 0 saturated carbocycles. The van der Waals surface area contributed by atoms with Crippen LogP contribution in [0.1, 0.15) is 38.8 Å². The summed E-state index contributed by atoms with van der Waals surface area (Å²) in [6.07, 6.45) is 0. The molecule has 0 aromatic heterocycles. The van der Waals surface area contributed by atoms with Gasteiger partial charge < -0.3 is 10.8 Å². The molecule has 1 aliphatic rings. The Morgan fingerprint density at radius 2 is 1.40 bits per heavy atom. The third-order valence-corrected chi connectivity index (χ3v) is 2.98. The number of carbonyl (C=O) groups is 2. The van der Waals surface area contributed by atoms with Crippen molar-refractivity contribution in [2.24, 2.45) is 0 Å². The monoisotopic (exact) mass is 269 g/mol. The molecule has 3 rings (SSSR count). The van der Waals surface area contributed by atoms with Crippen molar-refractivity contribution in [1.29, 1.82) is 0 Å². The molecular weight excluding hydrogens is 254 g/mol. The van der Waals surface area contributed by atoms with Crippen molar-refractivity contribution in [2.45, 2.75) is 6.92 Å². The summed E-state index contributed by atoms with van der Waals surface area (Å²) in [7, 11) is 0. The number of hydrogen-bond acceptors (Lipinski definition) is 4. The van der Waals surface area contributed by atoms with Gasteiger partial charge in [0.25, 0.3) is 0 Å². The summed E-state index contributed by atoms with van der Waals surface area (Å²) in [6, 6.07) is 11.8. The second-order valence-corrected chi connectivity index (χ2v) is 4.29. The summed E-state index contributed by atoms with van der Waals surface area (Å²) in [5.41, 5.74) is 7.75. The van der Waals surface area contributed by atoms with Crippen LogP contribution in [0, 0.1) is 0 Å². The van der Waals surface area contributed by atoms with Gasteiger partial charge in [0.1, 0.15) is 0 Å². The van der Waals surface area contributed by atoms with Gasteiger partial charge in [0.15, 0.2) is 11.6 Å².